The number of hydrogen-bond donors (Lipinski definition) is 1. The summed E-state index contributed by atoms with van der Waals surface area (Å²) in [5, 5.41) is 5.73. The van der Waals surface area contributed by atoms with Crippen LogP contribution < -0.4 is 10.1 Å². The Morgan fingerprint density at radius 3 is 2.82 bits per heavy atom. The highest BCUT2D eigenvalue weighted by molar-refractivity contribution is 7.99. The van der Waals surface area contributed by atoms with Crippen LogP contribution in [-0.2, 0) is 0 Å². The van der Waals surface area contributed by atoms with Crippen molar-refractivity contribution >= 4 is 28.5 Å². The second kappa shape index (κ2) is 6.66. The Balaban J connectivity index is 1.70. The largest absolute Gasteiger partial charge is 0.481 e. The summed E-state index contributed by atoms with van der Waals surface area (Å²) >= 11 is 1.73. The molecule has 1 aromatic heterocycles. The zero-order valence-corrected chi connectivity index (χ0v) is 13.4. The van der Waals surface area contributed by atoms with Gasteiger partial charge >= 0.3 is 0 Å². The second-order valence-corrected chi connectivity index (χ2v) is 5.85. The van der Waals surface area contributed by atoms with Crippen molar-refractivity contribution in [1.82, 2.24) is 9.97 Å². The Labute approximate surface area is 133 Å². The third-order valence-electron chi connectivity index (χ3n) is 3.33. The normalized spacial score (nSPS) is 10.6. The Morgan fingerprint density at radius 2 is 1.95 bits per heavy atom. The van der Waals surface area contributed by atoms with Gasteiger partial charge in [0.15, 0.2) is 0 Å². The highest BCUT2D eigenvalue weighted by atomic mass is 32.2. The summed E-state index contributed by atoms with van der Waals surface area (Å²) in [4.78, 5) is 9.83. The van der Waals surface area contributed by atoms with Crippen molar-refractivity contribution < 1.29 is 4.74 Å². The van der Waals surface area contributed by atoms with Crippen molar-refractivity contribution in [3.05, 3.63) is 54.2 Å². The smallest absolute Gasteiger partial charge is 0.226 e. The Morgan fingerprint density at radius 1 is 1.14 bits per heavy atom. The molecule has 0 unspecified atom stereocenters. The van der Waals surface area contributed by atoms with E-state index in [1.165, 1.54) is 15.7 Å². The van der Waals surface area contributed by atoms with Gasteiger partial charge in [-0.25, -0.2) is 4.98 Å². The number of methoxy groups -OCH3 is 1. The lowest BCUT2D eigenvalue weighted by atomic mass is 10.1. The van der Waals surface area contributed by atoms with E-state index in [2.05, 4.69) is 57.7 Å². The van der Waals surface area contributed by atoms with Crippen LogP contribution in [0, 0.1) is 6.92 Å². The standard InChI is InChI=1S/C17H17N3OS/c1-12-10-18-17(20-16(12)21-2)19-11-22-15-9-5-7-13-6-3-4-8-14(13)15/h3-10H,11H2,1-2H3,(H,18,19,20). The lowest BCUT2D eigenvalue weighted by Gasteiger charge is -2.09. The van der Waals surface area contributed by atoms with E-state index >= 15 is 0 Å². The Hall–Kier alpha value is -2.27. The van der Waals surface area contributed by atoms with Gasteiger partial charge in [0.05, 0.1) is 13.0 Å². The van der Waals surface area contributed by atoms with Gasteiger partial charge < -0.3 is 10.1 Å². The molecule has 0 radical (unpaired) electrons. The number of ether oxygens (including phenoxy) is 1. The topological polar surface area (TPSA) is 47.0 Å². The molecule has 22 heavy (non-hydrogen) atoms. The van der Waals surface area contributed by atoms with E-state index in [9.17, 15) is 0 Å². The summed E-state index contributed by atoms with van der Waals surface area (Å²) in [5.41, 5.74) is 0.926. The molecule has 0 aliphatic heterocycles. The number of aromatic nitrogens is 2. The molecule has 1 N–H and O–H groups in total. The van der Waals surface area contributed by atoms with Crippen molar-refractivity contribution in [3.63, 3.8) is 0 Å². The van der Waals surface area contributed by atoms with Gasteiger partial charge in [-0.15, -0.1) is 11.8 Å². The van der Waals surface area contributed by atoms with Gasteiger partial charge in [0, 0.05) is 16.7 Å². The Kier molecular flexibility index (Phi) is 4.44. The molecule has 3 rings (SSSR count). The monoisotopic (exact) mass is 311 g/mol. The zero-order valence-electron chi connectivity index (χ0n) is 12.5. The molecule has 112 valence electrons. The minimum Gasteiger partial charge on any atom is -0.481 e. The van der Waals surface area contributed by atoms with Crippen molar-refractivity contribution in [2.45, 2.75) is 11.8 Å². The average Bonchev–Trinajstić information content (AvgIpc) is 2.56. The van der Waals surface area contributed by atoms with Gasteiger partial charge in [0.25, 0.3) is 0 Å². The number of aryl methyl sites for hydroxylation is 1. The molecule has 4 nitrogen and oxygen atoms in total. The fourth-order valence-corrected chi connectivity index (χ4v) is 3.09. The SMILES string of the molecule is COc1nc(NCSc2cccc3ccccc23)ncc1C. The highest BCUT2D eigenvalue weighted by Gasteiger charge is 2.04. The first-order valence-corrected chi connectivity index (χ1v) is 7.98. The molecular formula is C17H17N3OS. The number of benzene rings is 2. The molecule has 0 spiro atoms. The molecule has 2 aromatic carbocycles. The van der Waals surface area contributed by atoms with Gasteiger partial charge in [-0.3, -0.25) is 0 Å². The van der Waals surface area contributed by atoms with Crippen LogP contribution in [0.25, 0.3) is 10.8 Å². The van der Waals surface area contributed by atoms with E-state index < -0.39 is 0 Å². The number of hydrogen-bond acceptors (Lipinski definition) is 5. The number of fused-ring (bicyclic) bond motifs is 1. The quantitative estimate of drug-likeness (QED) is 0.567. The average molecular weight is 311 g/mol. The molecule has 3 aromatic rings. The van der Waals surface area contributed by atoms with Crippen LogP contribution in [0.15, 0.2) is 53.6 Å². The van der Waals surface area contributed by atoms with Crippen LogP contribution in [0.3, 0.4) is 0 Å². The predicted octanol–water partition coefficient (Wildman–Crippen LogP) is 4.11. The van der Waals surface area contributed by atoms with Crippen molar-refractivity contribution in [1.29, 1.82) is 0 Å². The van der Waals surface area contributed by atoms with Crippen LogP contribution in [0.5, 0.6) is 5.88 Å². The van der Waals surface area contributed by atoms with E-state index in [-0.39, 0.29) is 0 Å². The fraction of sp³-hybridized carbons (Fsp3) is 0.176. The highest BCUT2D eigenvalue weighted by Crippen LogP contribution is 2.27. The van der Waals surface area contributed by atoms with Gasteiger partial charge in [-0.2, -0.15) is 4.98 Å². The molecule has 0 aliphatic rings. The van der Waals surface area contributed by atoms with Crippen LogP contribution >= 0.6 is 11.8 Å². The molecule has 1 heterocycles. The maximum Gasteiger partial charge on any atom is 0.226 e. The lowest BCUT2D eigenvalue weighted by molar-refractivity contribution is 0.394. The third-order valence-corrected chi connectivity index (χ3v) is 4.28. The molecule has 0 amide bonds. The fourth-order valence-electron chi connectivity index (χ4n) is 2.22. The van der Waals surface area contributed by atoms with Crippen molar-refractivity contribution in [3.8, 4) is 5.88 Å². The van der Waals surface area contributed by atoms with Crippen molar-refractivity contribution in [2.75, 3.05) is 18.3 Å². The zero-order chi connectivity index (χ0) is 15.4. The maximum atomic E-state index is 5.21. The van der Waals surface area contributed by atoms with Crippen LogP contribution in [0.2, 0.25) is 0 Å². The van der Waals surface area contributed by atoms with Gasteiger partial charge in [0.2, 0.25) is 11.8 Å². The number of rotatable bonds is 5. The minimum absolute atomic E-state index is 0.579. The summed E-state index contributed by atoms with van der Waals surface area (Å²) < 4.78 is 5.21. The van der Waals surface area contributed by atoms with Crippen LogP contribution in [-0.4, -0.2) is 23.0 Å². The first-order valence-electron chi connectivity index (χ1n) is 7.00. The lowest BCUT2D eigenvalue weighted by Crippen LogP contribution is -2.04. The van der Waals surface area contributed by atoms with Gasteiger partial charge in [-0.05, 0) is 23.8 Å². The van der Waals surface area contributed by atoms with E-state index in [0.717, 1.165) is 5.56 Å². The van der Waals surface area contributed by atoms with Crippen molar-refractivity contribution in [2.24, 2.45) is 0 Å². The molecule has 0 aliphatic carbocycles. The van der Waals surface area contributed by atoms with E-state index in [1.807, 2.05) is 6.92 Å². The molecule has 5 heteroatoms. The summed E-state index contributed by atoms with van der Waals surface area (Å²) in [5.74, 6) is 1.88. The number of nitrogens with zero attached hydrogens (tertiary/aromatic N) is 2. The molecule has 0 bridgehead atoms. The number of nitrogens with one attached hydrogen (secondary N) is 1. The summed E-state index contributed by atoms with van der Waals surface area (Å²) in [6, 6.07) is 14.7. The summed E-state index contributed by atoms with van der Waals surface area (Å²) in [7, 11) is 1.62. The summed E-state index contributed by atoms with van der Waals surface area (Å²) in [6.45, 7) is 1.92. The van der Waals surface area contributed by atoms with Crippen LogP contribution in [0.4, 0.5) is 5.95 Å². The molecule has 0 saturated carbocycles. The third kappa shape index (κ3) is 3.14. The van der Waals surface area contributed by atoms with E-state index in [4.69, 9.17) is 4.74 Å². The molecule has 0 atom stereocenters. The number of thioether (sulfide) groups is 1. The predicted molar refractivity (Wildman–Crippen MR) is 91.6 cm³/mol. The Bertz CT molecular complexity index is 786. The molecular weight excluding hydrogens is 294 g/mol. The molecule has 0 saturated heterocycles. The first kappa shape index (κ1) is 14.7. The second-order valence-electron chi connectivity index (χ2n) is 4.83. The summed E-state index contributed by atoms with van der Waals surface area (Å²) in [6.07, 6.45) is 1.76. The van der Waals surface area contributed by atoms with E-state index in [0.29, 0.717) is 17.7 Å². The number of anilines is 1. The maximum absolute atomic E-state index is 5.21. The minimum atomic E-state index is 0.579. The van der Waals surface area contributed by atoms with E-state index in [1.54, 1.807) is 25.1 Å². The molecule has 0 fully saturated rings. The van der Waals surface area contributed by atoms with Crippen LogP contribution in [0.1, 0.15) is 5.56 Å². The first-order chi connectivity index (χ1) is 10.8. The van der Waals surface area contributed by atoms with Gasteiger partial charge in [-0.1, -0.05) is 36.4 Å². The van der Waals surface area contributed by atoms with Gasteiger partial charge in [0.1, 0.15) is 0 Å².